The Morgan fingerprint density at radius 2 is 1.28 bits per heavy atom. The number of pyridine rings is 2. The van der Waals surface area contributed by atoms with E-state index in [1.54, 1.807) is 0 Å². The van der Waals surface area contributed by atoms with Crippen LogP contribution in [0.2, 0.25) is 0 Å². The fourth-order valence-electron chi connectivity index (χ4n) is 5.94. The Morgan fingerprint density at radius 1 is 0.528 bits per heavy atom. The third kappa shape index (κ3) is 2.54. The van der Waals surface area contributed by atoms with Crippen LogP contribution in [0.15, 0.2) is 128 Å². The zero-order valence-electron chi connectivity index (χ0n) is 19.5. The van der Waals surface area contributed by atoms with Gasteiger partial charge < -0.3 is 8.97 Å². The Morgan fingerprint density at radius 3 is 2.14 bits per heavy atom. The minimum atomic E-state index is 1.06. The lowest BCUT2D eigenvalue weighted by atomic mass is 9.96. The first-order valence-electron chi connectivity index (χ1n) is 12.2. The van der Waals surface area contributed by atoms with Gasteiger partial charge >= 0.3 is 0 Å². The Balaban J connectivity index is 1.68. The van der Waals surface area contributed by atoms with Gasteiger partial charge in [0.15, 0.2) is 0 Å². The average Bonchev–Trinajstić information content (AvgIpc) is 3.46. The van der Waals surface area contributed by atoms with E-state index >= 15 is 0 Å². The maximum atomic E-state index is 4.47. The Labute approximate surface area is 207 Å². The van der Waals surface area contributed by atoms with Gasteiger partial charge in [-0.15, -0.1) is 0 Å². The standard InChI is InChI=1S/C33H21N3/c1-2-12-24-22(9-1)10-7-15-26(24)31-28-14-4-5-16-29(28)35-20-18-27-25-13-3-6-17-30(25)36(32(27)33(31)35)23-11-8-19-34-21-23/h1-21H. The molecule has 0 spiro atoms. The third-order valence-corrected chi connectivity index (χ3v) is 7.40. The summed E-state index contributed by atoms with van der Waals surface area (Å²) in [5, 5.41) is 6.25. The molecule has 4 aromatic heterocycles. The number of fused-ring (bicyclic) bond motifs is 8. The van der Waals surface area contributed by atoms with E-state index in [2.05, 4.69) is 123 Å². The largest absolute Gasteiger partial charge is 0.314 e. The highest BCUT2D eigenvalue weighted by molar-refractivity contribution is 6.22. The third-order valence-electron chi connectivity index (χ3n) is 7.40. The molecule has 0 amide bonds. The van der Waals surface area contributed by atoms with Crippen molar-refractivity contribution < 1.29 is 0 Å². The van der Waals surface area contributed by atoms with Gasteiger partial charge in [-0.05, 0) is 46.7 Å². The quantitative estimate of drug-likeness (QED) is 0.254. The van der Waals surface area contributed by atoms with E-state index < -0.39 is 0 Å². The van der Waals surface area contributed by atoms with Gasteiger partial charge in [0.05, 0.1) is 34.0 Å². The van der Waals surface area contributed by atoms with E-state index in [9.17, 15) is 0 Å². The number of nitrogens with zero attached hydrogens (tertiary/aromatic N) is 3. The molecule has 0 aliphatic carbocycles. The summed E-state index contributed by atoms with van der Waals surface area (Å²) in [7, 11) is 0. The molecule has 8 aromatic rings. The van der Waals surface area contributed by atoms with Crippen LogP contribution in [0.4, 0.5) is 0 Å². The summed E-state index contributed by atoms with van der Waals surface area (Å²) in [5.74, 6) is 0. The molecule has 0 atom stereocenters. The molecular weight excluding hydrogens is 438 g/mol. The van der Waals surface area contributed by atoms with Crippen molar-refractivity contribution in [3.63, 3.8) is 0 Å². The lowest BCUT2D eigenvalue weighted by Crippen LogP contribution is -1.96. The van der Waals surface area contributed by atoms with Crippen LogP contribution < -0.4 is 0 Å². The first-order valence-corrected chi connectivity index (χ1v) is 12.2. The molecule has 0 fully saturated rings. The number of para-hydroxylation sites is 2. The zero-order chi connectivity index (χ0) is 23.6. The summed E-state index contributed by atoms with van der Waals surface area (Å²) >= 11 is 0. The van der Waals surface area contributed by atoms with Gasteiger partial charge in [-0.25, -0.2) is 0 Å². The van der Waals surface area contributed by atoms with E-state index in [1.807, 2.05) is 18.5 Å². The van der Waals surface area contributed by atoms with Gasteiger partial charge in [0.25, 0.3) is 0 Å². The van der Waals surface area contributed by atoms with Gasteiger partial charge in [0.1, 0.15) is 0 Å². The number of rotatable bonds is 2. The van der Waals surface area contributed by atoms with Crippen molar-refractivity contribution in [2.24, 2.45) is 0 Å². The summed E-state index contributed by atoms with van der Waals surface area (Å²) in [6.45, 7) is 0. The monoisotopic (exact) mass is 459 g/mol. The van der Waals surface area contributed by atoms with Crippen LogP contribution in [0, 0.1) is 0 Å². The van der Waals surface area contributed by atoms with Crippen LogP contribution in [-0.4, -0.2) is 14.0 Å². The molecule has 168 valence electrons. The molecule has 8 rings (SSSR count). The van der Waals surface area contributed by atoms with Crippen LogP contribution in [-0.2, 0) is 0 Å². The maximum Gasteiger partial charge on any atom is 0.0790 e. The molecule has 0 N–H and O–H groups in total. The van der Waals surface area contributed by atoms with Crippen molar-refractivity contribution >= 4 is 49.0 Å². The number of benzene rings is 4. The van der Waals surface area contributed by atoms with Crippen LogP contribution in [0.25, 0.3) is 65.8 Å². The lowest BCUT2D eigenvalue weighted by Gasteiger charge is -2.11. The van der Waals surface area contributed by atoms with Gasteiger partial charge in [-0.2, -0.15) is 0 Å². The second kappa shape index (κ2) is 7.30. The van der Waals surface area contributed by atoms with E-state index in [1.165, 1.54) is 60.1 Å². The van der Waals surface area contributed by atoms with Crippen molar-refractivity contribution in [2.45, 2.75) is 0 Å². The Hall–Kier alpha value is -4.89. The Bertz CT molecular complexity index is 2090. The number of hydrogen-bond donors (Lipinski definition) is 0. The first kappa shape index (κ1) is 19.4. The van der Waals surface area contributed by atoms with Crippen molar-refractivity contribution in [3.05, 3.63) is 128 Å². The molecule has 0 bridgehead atoms. The highest BCUT2D eigenvalue weighted by Crippen LogP contribution is 2.44. The fourth-order valence-corrected chi connectivity index (χ4v) is 5.94. The van der Waals surface area contributed by atoms with E-state index in [0.717, 1.165) is 5.69 Å². The predicted octanol–water partition coefficient (Wildman–Crippen LogP) is 8.40. The second-order valence-electron chi connectivity index (χ2n) is 9.28. The molecule has 4 heterocycles. The molecule has 3 heteroatoms. The van der Waals surface area contributed by atoms with Crippen molar-refractivity contribution in [2.75, 3.05) is 0 Å². The predicted molar refractivity (Wildman–Crippen MR) is 150 cm³/mol. The maximum absolute atomic E-state index is 4.47. The normalized spacial score (nSPS) is 11.9. The molecular formula is C33H21N3. The minimum Gasteiger partial charge on any atom is -0.314 e. The van der Waals surface area contributed by atoms with E-state index in [-0.39, 0.29) is 0 Å². The molecule has 0 saturated carbocycles. The zero-order valence-corrected chi connectivity index (χ0v) is 19.5. The highest BCUT2D eigenvalue weighted by atomic mass is 15.0. The molecule has 4 aromatic carbocycles. The highest BCUT2D eigenvalue weighted by Gasteiger charge is 2.22. The van der Waals surface area contributed by atoms with Gasteiger partial charge in [0.2, 0.25) is 0 Å². The summed E-state index contributed by atoms with van der Waals surface area (Å²) in [6.07, 6.45) is 6.02. The van der Waals surface area contributed by atoms with Crippen LogP contribution in [0.5, 0.6) is 0 Å². The minimum absolute atomic E-state index is 1.06. The van der Waals surface area contributed by atoms with Crippen molar-refractivity contribution in [1.82, 2.24) is 14.0 Å². The molecule has 0 unspecified atom stereocenters. The number of hydrogen-bond acceptors (Lipinski definition) is 1. The first-order chi connectivity index (χ1) is 17.9. The van der Waals surface area contributed by atoms with Gasteiger partial charge in [-0.1, -0.05) is 78.9 Å². The second-order valence-corrected chi connectivity index (χ2v) is 9.28. The van der Waals surface area contributed by atoms with Crippen LogP contribution in [0.3, 0.4) is 0 Å². The van der Waals surface area contributed by atoms with E-state index in [0.29, 0.717) is 0 Å². The molecule has 3 nitrogen and oxygen atoms in total. The van der Waals surface area contributed by atoms with Gasteiger partial charge in [-0.3, -0.25) is 4.98 Å². The average molecular weight is 460 g/mol. The fraction of sp³-hybridized carbons (Fsp3) is 0. The molecule has 0 aliphatic rings. The molecule has 0 radical (unpaired) electrons. The Kier molecular flexibility index (Phi) is 3.94. The molecule has 0 saturated heterocycles. The smallest absolute Gasteiger partial charge is 0.0790 e. The summed E-state index contributed by atoms with van der Waals surface area (Å²) in [5.41, 5.74) is 8.38. The van der Waals surface area contributed by atoms with Crippen LogP contribution >= 0.6 is 0 Å². The summed E-state index contributed by atoms with van der Waals surface area (Å²) in [4.78, 5) is 4.47. The number of aromatic nitrogens is 3. The topological polar surface area (TPSA) is 22.2 Å². The van der Waals surface area contributed by atoms with Gasteiger partial charge in [0, 0.05) is 34.1 Å². The van der Waals surface area contributed by atoms with Crippen molar-refractivity contribution in [1.29, 1.82) is 0 Å². The van der Waals surface area contributed by atoms with Crippen LogP contribution in [0.1, 0.15) is 0 Å². The molecule has 0 aliphatic heterocycles. The summed E-state index contributed by atoms with van der Waals surface area (Å²) in [6, 6.07) is 39.1. The lowest BCUT2D eigenvalue weighted by molar-refractivity contribution is 1.13. The SMILES string of the molecule is c1cncc(-n2c3ccccc3c3ccn4c5ccccc5c(-c5cccc6ccccc56)c4c32)c1. The summed E-state index contributed by atoms with van der Waals surface area (Å²) < 4.78 is 4.74. The molecule has 36 heavy (non-hydrogen) atoms. The van der Waals surface area contributed by atoms with Crippen molar-refractivity contribution in [3.8, 4) is 16.8 Å². The van der Waals surface area contributed by atoms with E-state index in [4.69, 9.17) is 0 Å².